The molecule has 0 fully saturated rings. The Labute approximate surface area is 400 Å². The van der Waals surface area contributed by atoms with Gasteiger partial charge in [-0.25, -0.2) is 0 Å². The third-order valence-electron chi connectivity index (χ3n) is 11.0. The standard InChI is InChI=1S/C59H96O6/c1-4-7-10-13-16-19-22-25-28-29-30-31-32-35-37-40-43-46-49-52-58(61)64-55-56(65-59(62)53-50-47-44-41-38-34-27-24-21-18-15-12-9-6-3)54-63-57(60)51-48-45-42-39-36-33-26-23-20-17-14-11-8-5-2/h7,9-10,12-13,16,18-19,21-22,25,28-32,35,37,56H,4-6,8,11,14-15,17,20,23-24,26-27,33-34,36,38-55H2,1-3H3/b10-7-,12-9-,16-13-,21-18-,22-19-,28-25-,30-29+,32-31-,37-35-. The maximum absolute atomic E-state index is 12.8. The van der Waals surface area contributed by atoms with E-state index < -0.39 is 6.10 Å². The van der Waals surface area contributed by atoms with Crippen molar-refractivity contribution in [2.45, 2.75) is 232 Å². The van der Waals surface area contributed by atoms with Crippen LogP contribution in [0.3, 0.4) is 0 Å². The molecule has 0 aromatic rings. The van der Waals surface area contributed by atoms with Gasteiger partial charge in [-0.2, -0.15) is 0 Å². The zero-order chi connectivity index (χ0) is 47.2. The zero-order valence-electron chi connectivity index (χ0n) is 42.0. The Hall–Kier alpha value is -3.93. The fourth-order valence-corrected chi connectivity index (χ4v) is 7.05. The van der Waals surface area contributed by atoms with Gasteiger partial charge in [0.15, 0.2) is 6.10 Å². The van der Waals surface area contributed by atoms with Crippen molar-refractivity contribution in [3.63, 3.8) is 0 Å². The molecule has 0 radical (unpaired) electrons. The molecule has 65 heavy (non-hydrogen) atoms. The maximum atomic E-state index is 12.8. The van der Waals surface area contributed by atoms with E-state index in [4.69, 9.17) is 14.2 Å². The molecular formula is C59H96O6. The number of unbranched alkanes of at least 4 members (excludes halogenated alkanes) is 23. The van der Waals surface area contributed by atoms with Crippen LogP contribution in [-0.2, 0) is 28.6 Å². The summed E-state index contributed by atoms with van der Waals surface area (Å²) in [6.45, 7) is 6.34. The third kappa shape index (κ3) is 50.9. The van der Waals surface area contributed by atoms with Crippen LogP contribution >= 0.6 is 0 Å². The highest BCUT2D eigenvalue weighted by Crippen LogP contribution is 2.15. The van der Waals surface area contributed by atoms with Gasteiger partial charge in [0.1, 0.15) is 13.2 Å². The minimum atomic E-state index is -0.801. The van der Waals surface area contributed by atoms with Crippen LogP contribution in [0.4, 0.5) is 0 Å². The van der Waals surface area contributed by atoms with Crippen molar-refractivity contribution in [1.29, 1.82) is 0 Å². The molecule has 0 aliphatic carbocycles. The Bertz CT molecular complexity index is 1360. The van der Waals surface area contributed by atoms with Crippen molar-refractivity contribution in [2.24, 2.45) is 0 Å². The molecule has 0 rings (SSSR count). The largest absolute Gasteiger partial charge is 0.462 e. The lowest BCUT2D eigenvalue weighted by Gasteiger charge is -2.18. The van der Waals surface area contributed by atoms with Crippen LogP contribution in [0.5, 0.6) is 0 Å². The molecule has 368 valence electrons. The lowest BCUT2D eigenvalue weighted by Crippen LogP contribution is -2.30. The van der Waals surface area contributed by atoms with Crippen LogP contribution in [-0.4, -0.2) is 37.2 Å². The normalized spacial score (nSPS) is 13.0. The predicted molar refractivity (Wildman–Crippen MR) is 279 cm³/mol. The summed E-state index contributed by atoms with van der Waals surface area (Å²) in [5.41, 5.74) is 0. The molecule has 0 aromatic heterocycles. The number of rotatable bonds is 46. The molecule has 0 amide bonds. The Kier molecular flexibility index (Phi) is 49.5. The molecule has 0 saturated carbocycles. The zero-order valence-corrected chi connectivity index (χ0v) is 42.0. The van der Waals surface area contributed by atoms with E-state index in [9.17, 15) is 14.4 Å². The fourth-order valence-electron chi connectivity index (χ4n) is 7.05. The summed E-state index contributed by atoms with van der Waals surface area (Å²) >= 11 is 0. The molecule has 0 saturated heterocycles. The monoisotopic (exact) mass is 901 g/mol. The number of esters is 3. The summed E-state index contributed by atoms with van der Waals surface area (Å²) < 4.78 is 16.8. The lowest BCUT2D eigenvalue weighted by molar-refractivity contribution is -0.167. The van der Waals surface area contributed by atoms with Crippen molar-refractivity contribution in [2.75, 3.05) is 13.2 Å². The van der Waals surface area contributed by atoms with Gasteiger partial charge in [-0.05, 0) is 64.2 Å². The summed E-state index contributed by atoms with van der Waals surface area (Å²) in [4.78, 5) is 38.0. The highest BCUT2D eigenvalue weighted by molar-refractivity contribution is 5.71. The Morgan fingerprint density at radius 1 is 0.338 bits per heavy atom. The van der Waals surface area contributed by atoms with Crippen LogP contribution < -0.4 is 0 Å². The van der Waals surface area contributed by atoms with Crippen molar-refractivity contribution in [3.8, 4) is 0 Å². The average molecular weight is 901 g/mol. The highest BCUT2D eigenvalue weighted by Gasteiger charge is 2.19. The van der Waals surface area contributed by atoms with Crippen molar-refractivity contribution < 1.29 is 28.6 Å². The first-order chi connectivity index (χ1) is 32.0. The number of allylic oxidation sites excluding steroid dienone is 18. The first kappa shape index (κ1) is 61.1. The van der Waals surface area contributed by atoms with Gasteiger partial charge >= 0.3 is 17.9 Å². The van der Waals surface area contributed by atoms with E-state index in [1.54, 1.807) is 0 Å². The highest BCUT2D eigenvalue weighted by atomic mass is 16.6. The molecule has 0 N–H and O–H groups in total. The summed E-state index contributed by atoms with van der Waals surface area (Å²) in [6, 6.07) is 0. The van der Waals surface area contributed by atoms with E-state index in [-0.39, 0.29) is 31.1 Å². The van der Waals surface area contributed by atoms with Crippen LogP contribution in [0.15, 0.2) is 109 Å². The number of carbonyl (C=O) groups excluding carboxylic acids is 3. The van der Waals surface area contributed by atoms with Crippen LogP contribution in [0, 0.1) is 0 Å². The Morgan fingerprint density at radius 2 is 0.677 bits per heavy atom. The molecule has 1 unspecified atom stereocenters. The molecule has 1 atom stereocenters. The third-order valence-corrected chi connectivity index (χ3v) is 11.0. The summed E-state index contributed by atoms with van der Waals surface area (Å²) in [7, 11) is 0. The van der Waals surface area contributed by atoms with Crippen molar-refractivity contribution >= 4 is 17.9 Å². The van der Waals surface area contributed by atoms with Gasteiger partial charge in [0.2, 0.25) is 0 Å². The first-order valence-electron chi connectivity index (χ1n) is 26.5. The topological polar surface area (TPSA) is 78.9 Å². The molecule has 0 aliphatic rings. The second-order valence-electron chi connectivity index (χ2n) is 17.2. The summed E-state index contributed by atoms with van der Waals surface area (Å²) in [5, 5.41) is 0. The van der Waals surface area contributed by atoms with E-state index in [1.165, 1.54) is 96.3 Å². The first-order valence-corrected chi connectivity index (χ1v) is 26.5. The molecular weight excluding hydrogens is 805 g/mol. The number of hydrogen-bond acceptors (Lipinski definition) is 6. The summed E-state index contributed by atoms with van der Waals surface area (Å²) in [6.07, 6.45) is 70.6. The molecule has 0 spiro atoms. The van der Waals surface area contributed by atoms with Gasteiger partial charge in [0.25, 0.3) is 0 Å². The minimum Gasteiger partial charge on any atom is -0.462 e. The average Bonchev–Trinajstić information content (AvgIpc) is 3.30. The predicted octanol–water partition coefficient (Wildman–Crippen LogP) is 17.5. The molecule has 0 aromatic carbocycles. The molecule has 0 bridgehead atoms. The molecule has 6 nitrogen and oxygen atoms in total. The van der Waals surface area contributed by atoms with Crippen molar-refractivity contribution in [3.05, 3.63) is 109 Å². The fraction of sp³-hybridized carbons (Fsp3) is 0.644. The van der Waals surface area contributed by atoms with Crippen molar-refractivity contribution in [1.82, 2.24) is 0 Å². The van der Waals surface area contributed by atoms with E-state index in [2.05, 4.69) is 57.2 Å². The second kappa shape index (κ2) is 52.7. The molecule has 6 heteroatoms. The van der Waals surface area contributed by atoms with E-state index in [0.717, 1.165) is 89.9 Å². The van der Waals surface area contributed by atoms with Gasteiger partial charge in [-0.3, -0.25) is 14.4 Å². The van der Waals surface area contributed by atoms with E-state index in [1.807, 2.05) is 72.9 Å². The van der Waals surface area contributed by atoms with Gasteiger partial charge in [-0.1, -0.05) is 252 Å². The Balaban J connectivity index is 4.50. The van der Waals surface area contributed by atoms with Crippen LogP contribution in [0.25, 0.3) is 0 Å². The van der Waals surface area contributed by atoms with Gasteiger partial charge < -0.3 is 14.2 Å². The van der Waals surface area contributed by atoms with Gasteiger partial charge in [0, 0.05) is 19.3 Å². The van der Waals surface area contributed by atoms with Gasteiger partial charge in [0.05, 0.1) is 0 Å². The molecule has 0 heterocycles. The maximum Gasteiger partial charge on any atom is 0.306 e. The molecule has 0 aliphatic heterocycles. The van der Waals surface area contributed by atoms with Gasteiger partial charge in [-0.15, -0.1) is 0 Å². The SMILES string of the molecule is CC\C=C/C=C\C=C/C=C\C=C\C=C/C=C\CCCCCC(=O)OCC(COC(=O)CCCCCCCCCCCCCCCC)OC(=O)CCCCCCCCC/C=C\C/C=C\CC. The number of carbonyl (C=O) groups is 3. The Morgan fingerprint density at radius 3 is 1.12 bits per heavy atom. The quantitative estimate of drug-likeness (QED) is 0.0199. The number of ether oxygens (including phenoxy) is 3. The lowest BCUT2D eigenvalue weighted by atomic mass is 10.0. The number of hydrogen-bond donors (Lipinski definition) is 0. The van der Waals surface area contributed by atoms with Crippen LogP contribution in [0.2, 0.25) is 0 Å². The van der Waals surface area contributed by atoms with E-state index in [0.29, 0.717) is 19.3 Å². The summed E-state index contributed by atoms with van der Waals surface area (Å²) in [5.74, 6) is -0.953. The minimum absolute atomic E-state index is 0.0963. The van der Waals surface area contributed by atoms with E-state index >= 15 is 0 Å². The van der Waals surface area contributed by atoms with Crippen LogP contribution in [0.1, 0.15) is 226 Å². The smallest absolute Gasteiger partial charge is 0.306 e. The second-order valence-corrected chi connectivity index (χ2v) is 17.2.